The Morgan fingerprint density at radius 3 is 2.06 bits per heavy atom. The molecule has 0 radical (unpaired) electrons. The molecule has 0 atom stereocenters. The van der Waals surface area contributed by atoms with Crippen molar-refractivity contribution in [1.29, 1.82) is 0 Å². The molecule has 7 nitrogen and oxygen atoms in total. The summed E-state index contributed by atoms with van der Waals surface area (Å²) in [7, 11) is -3.79. The Labute approximate surface area is 181 Å². The third kappa shape index (κ3) is 4.11. The van der Waals surface area contributed by atoms with E-state index in [9.17, 15) is 18.0 Å². The molecule has 0 saturated heterocycles. The SMILES string of the molecule is CC(C)CC(=O)Nc1ccc(NC(=O)CN2c3cccc4cccc(c34)S2(=O)=O)cc1. The van der Waals surface area contributed by atoms with Gasteiger partial charge in [0.2, 0.25) is 11.8 Å². The lowest BCUT2D eigenvalue weighted by atomic mass is 10.1. The molecule has 3 aromatic carbocycles. The summed E-state index contributed by atoms with van der Waals surface area (Å²) in [6.07, 6.45) is 0.429. The highest BCUT2D eigenvalue weighted by atomic mass is 32.2. The lowest BCUT2D eigenvalue weighted by molar-refractivity contribution is -0.117. The van der Waals surface area contributed by atoms with Gasteiger partial charge in [-0.25, -0.2) is 8.42 Å². The van der Waals surface area contributed by atoms with Gasteiger partial charge in [0.1, 0.15) is 6.54 Å². The number of carbonyl (C=O) groups is 2. The van der Waals surface area contributed by atoms with Gasteiger partial charge in [0, 0.05) is 23.2 Å². The Bertz CT molecular complexity index is 1260. The quantitative estimate of drug-likeness (QED) is 0.610. The van der Waals surface area contributed by atoms with Crippen LogP contribution in [-0.2, 0) is 19.6 Å². The number of carbonyl (C=O) groups excluding carboxylic acids is 2. The first-order valence-electron chi connectivity index (χ1n) is 10.00. The Morgan fingerprint density at radius 1 is 0.871 bits per heavy atom. The molecule has 1 aliphatic heterocycles. The molecule has 0 aromatic heterocycles. The second-order valence-electron chi connectivity index (χ2n) is 7.91. The highest BCUT2D eigenvalue weighted by Crippen LogP contribution is 2.41. The summed E-state index contributed by atoms with van der Waals surface area (Å²) in [4.78, 5) is 24.7. The first kappa shape index (κ1) is 20.9. The zero-order valence-electron chi connectivity index (χ0n) is 17.3. The van der Waals surface area contributed by atoms with Crippen LogP contribution in [-0.4, -0.2) is 26.8 Å². The van der Waals surface area contributed by atoms with Crippen LogP contribution in [0.5, 0.6) is 0 Å². The summed E-state index contributed by atoms with van der Waals surface area (Å²) in [6, 6.07) is 17.2. The van der Waals surface area contributed by atoms with Crippen LogP contribution >= 0.6 is 0 Å². The van der Waals surface area contributed by atoms with Crippen molar-refractivity contribution in [2.75, 3.05) is 21.5 Å². The van der Waals surface area contributed by atoms with E-state index in [0.717, 1.165) is 9.69 Å². The van der Waals surface area contributed by atoms with Gasteiger partial charge in [-0.15, -0.1) is 0 Å². The van der Waals surface area contributed by atoms with Crippen LogP contribution in [0.1, 0.15) is 20.3 Å². The van der Waals surface area contributed by atoms with E-state index >= 15 is 0 Å². The van der Waals surface area contributed by atoms with Gasteiger partial charge < -0.3 is 10.6 Å². The number of anilines is 3. The minimum absolute atomic E-state index is 0.0697. The monoisotopic (exact) mass is 437 g/mol. The van der Waals surface area contributed by atoms with Gasteiger partial charge in [-0.05, 0) is 47.7 Å². The maximum absolute atomic E-state index is 13.0. The van der Waals surface area contributed by atoms with Crippen molar-refractivity contribution >= 4 is 49.7 Å². The molecule has 3 aromatic rings. The molecule has 0 fully saturated rings. The number of nitrogens with zero attached hydrogens (tertiary/aromatic N) is 1. The zero-order chi connectivity index (χ0) is 22.2. The Hall–Kier alpha value is -3.39. The number of nitrogens with one attached hydrogen (secondary N) is 2. The average Bonchev–Trinajstić information content (AvgIpc) is 2.92. The summed E-state index contributed by atoms with van der Waals surface area (Å²) in [5, 5.41) is 6.98. The van der Waals surface area contributed by atoms with Crippen molar-refractivity contribution in [3.8, 4) is 0 Å². The van der Waals surface area contributed by atoms with Gasteiger partial charge in [0.25, 0.3) is 10.0 Å². The molecule has 2 amide bonds. The van der Waals surface area contributed by atoms with Gasteiger partial charge in [-0.1, -0.05) is 38.1 Å². The molecular formula is C23H23N3O4S. The molecule has 31 heavy (non-hydrogen) atoms. The van der Waals surface area contributed by atoms with Gasteiger partial charge in [-0.3, -0.25) is 13.9 Å². The van der Waals surface area contributed by atoms with Crippen molar-refractivity contribution in [1.82, 2.24) is 0 Å². The number of amides is 2. The highest BCUT2D eigenvalue weighted by molar-refractivity contribution is 7.93. The van der Waals surface area contributed by atoms with E-state index in [1.807, 2.05) is 26.0 Å². The van der Waals surface area contributed by atoms with Crippen molar-refractivity contribution in [2.24, 2.45) is 5.92 Å². The van der Waals surface area contributed by atoms with Gasteiger partial charge in [0.15, 0.2) is 0 Å². The Morgan fingerprint density at radius 2 is 1.45 bits per heavy atom. The van der Waals surface area contributed by atoms with E-state index in [1.54, 1.807) is 48.5 Å². The van der Waals surface area contributed by atoms with Gasteiger partial charge >= 0.3 is 0 Å². The number of sulfonamides is 1. The number of hydrogen-bond acceptors (Lipinski definition) is 4. The summed E-state index contributed by atoms with van der Waals surface area (Å²) in [6.45, 7) is 3.61. The van der Waals surface area contributed by atoms with E-state index in [-0.39, 0.29) is 23.3 Å². The third-order valence-corrected chi connectivity index (χ3v) is 6.82. The molecule has 0 saturated carbocycles. The fourth-order valence-electron chi connectivity index (χ4n) is 3.68. The largest absolute Gasteiger partial charge is 0.326 e. The number of hydrogen-bond donors (Lipinski definition) is 2. The molecular weight excluding hydrogens is 414 g/mol. The molecule has 1 aliphatic rings. The maximum Gasteiger partial charge on any atom is 0.265 e. The van der Waals surface area contributed by atoms with E-state index in [2.05, 4.69) is 10.6 Å². The summed E-state index contributed by atoms with van der Waals surface area (Å²) < 4.78 is 27.1. The van der Waals surface area contributed by atoms with Crippen molar-refractivity contribution in [3.63, 3.8) is 0 Å². The molecule has 1 heterocycles. The van der Waals surface area contributed by atoms with Crippen LogP contribution in [0.2, 0.25) is 0 Å². The Kier molecular flexibility index (Phi) is 5.41. The predicted octanol–water partition coefficient (Wildman–Crippen LogP) is 3.97. The van der Waals surface area contributed by atoms with Crippen LogP contribution < -0.4 is 14.9 Å². The maximum atomic E-state index is 13.0. The molecule has 0 bridgehead atoms. The number of benzene rings is 3. The lowest BCUT2D eigenvalue weighted by Crippen LogP contribution is -2.35. The second-order valence-corrected chi connectivity index (χ2v) is 9.75. The summed E-state index contributed by atoms with van der Waals surface area (Å²) in [5.41, 5.74) is 1.65. The fourth-order valence-corrected chi connectivity index (χ4v) is 5.35. The predicted molar refractivity (Wildman–Crippen MR) is 122 cm³/mol. The minimum Gasteiger partial charge on any atom is -0.326 e. The first-order valence-corrected chi connectivity index (χ1v) is 11.4. The number of rotatable bonds is 6. The van der Waals surface area contributed by atoms with Crippen LogP contribution in [0.15, 0.2) is 65.6 Å². The van der Waals surface area contributed by atoms with Gasteiger partial charge in [-0.2, -0.15) is 0 Å². The topological polar surface area (TPSA) is 95.6 Å². The molecule has 0 spiro atoms. The summed E-state index contributed by atoms with van der Waals surface area (Å²) in [5.74, 6) is -0.262. The van der Waals surface area contributed by atoms with E-state index in [1.165, 1.54) is 0 Å². The van der Waals surface area contributed by atoms with Crippen LogP contribution in [0, 0.1) is 5.92 Å². The standard InChI is InChI=1S/C23H23N3O4S/c1-15(2)13-21(27)24-17-9-11-18(12-10-17)25-22(28)14-26-19-7-3-5-16-6-4-8-20(23(16)19)31(26,29)30/h3-12,15H,13-14H2,1-2H3,(H,24,27)(H,25,28). The average molecular weight is 438 g/mol. The fraction of sp³-hybridized carbons (Fsp3) is 0.217. The van der Waals surface area contributed by atoms with Crippen molar-refractivity contribution in [2.45, 2.75) is 25.2 Å². The molecule has 2 N–H and O–H groups in total. The van der Waals surface area contributed by atoms with Crippen LogP contribution in [0.3, 0.4) is 0 Å². The second kappa shape index (κ2) is 8.03. The molecule has 8 heteroatoms. The highest BCUT2D eigenvalue weighted by Gasteiger charge is 2.36. The van der Waals surface area contributed by atoms with Crippen LogP contribution in [0.25, 0.3) is 10.8 Å². The smallest absolute Gasteiger partial charge is 0.265 e. The van der Waals surface area contributed by atoms with E-state index < -0.39 is 15.9 Å². The van der Waals surface area contributed by atoms with E-state index in [0.29, 0.717) is 28.9 Å². The van der Waals surface area contributed by atoms with Gasteiger partial charge in [0.05, 0.1) is 10.6 Å². The van der Waals surface area contributed by atoms with Crippen molar-refractivity contribution < 1.29 is 18.0 Å². The Balaban J connectivity index is 1.46. The minimum atomic E-state index is -3.79. The third-order valence-electron chi connectivity index (χ3n) is 5.01. The molecule has 0 aliphatic carbocycles. The normalized spacial score (nSPS) is 14.1. The van der Waals surface area contributed by atoms with Crippen LogP contribution in [0.4, 0.5) is 17.1 Å². The molecule has 160 valence electrons. The summed E-state index contributed by atoms with van der Waals surface area (Å²) >= 11 is 0. The lowest BCUT2D eigenvalue weighted by Gasteiger charge is -2.18. The molecule has 0 unspecified atom stereocenters. The zero-order valence-corrected chi connectivity index (χ0v) is 18.1. The molecule has 4 rings (SSSR count). The van der Waals surface area contributed by atoms with Crippen molar-refractivity contribution in [3.05, 3.63) is 60.7 Å². The first-order chi connectivity index (χ1) is 14.8. The van der Waals surface area contributed by atoms with E-state index in [4.69, 9.17) is 0 Å².